The molecule has 2 heterocycles. The van der Waals surface area contributed by atoms with Crippen molar-refractivity contribution in [3.05, 3.63) is 160 Å². The second-order valence-electron chi connectivity index (χ2n) is 22.0. The van der Waals surface area contributed by atoms with Crippen LogP contribution in [0.5, 0.6) is 0 Å². The van der Waals surface area contributed by atoms with E-state index in [1.807, 2.05) is 0 Å². The number of rotatable bonds is 3. The zero-order valence-corrected chi connectivity index (χ0v) is 39.9. The van der Waals surface area contributed by atoms with Crippen LogP contribution in [0, 0.1) is 27.7 Å². The van der Waals surface area contributed by atoms with Gasteiger partial charge in [0.05, 0.1) is 11.0 Å². The van der Waals surface area contributed by atoms with Crippen LogP contribution in [0.1, 0.15) is 101 Å². The quantitative estimate of drug-likeness (QED) is 0.162. The summed E-state index contributed by atoms with van der Waals surface area (Å²) in [7, 11) is 0. The van der Waals surface area contributed by atoms with Crippen molar-refractivity contribution < 1.29 is 4.42 Å². The topological polar surface area (TPSA) is 18.1 Å². The summed E-state index contributed by atoms with van der Waals surface area (Å²) < 4.78 is 9.78. The molecule has 0 bridgehead atoms. The van der Waals surface area contributed by atoms with Crippen molar-refractivity contribution >= 4 is 76.1 Å². The Labute approximate surface area is 377 Å². The van der Waals surface area contributed by atoms with E-state index in [1.165, 1.54) is 116 Å². The molecular weight excluding hydrogens is 775 g/mol. The molecule has 2 heteroatoms. The predicted octanol–water partition coefficient (Wildman–Crippen LogP) is 18.0. The van der Waals surface area contributed by atoms with Crippen LogP contribution in [0.3, 0.4) is 0 Å². The van der Waals surface area contributed by atoms with Gasteiger partial charge in [0, 0.05) is 48.8 Å². The molecule has 0 spiro atoms. The van der Waals surface area contributed by atoms with Gasteiger partial charge in [-0.15, -0.1) is 0 Å². The Morgan fingerprint density at radius 1 is 0.391 bits per heavy atom. The first kappa shape index (κ1) is 40.4. The molecule has 0 aliphatic rings. The first-order valence-corrected chi connectivity index (χ1v) is 23.2. The summed E-state index contributed by atoms with van der Waals surface area (Å²) in [4.78, 5) is 0. The zero-order chi connectivity index (χ0) is 44.9. The third kappa shape index (κ3) is 5.91. The van der Waals surface area contributed by atoms with Crippen molar-refractivity contribution in [3.63, 3.8) is 0 Å². The Morgan fingerprint density at radius 3 is 1.41 bits per heavy atom. The van der Waals surface area contributed by atoms with Crippen LogP contribution in [0.2, 0.25) is 0 Å². The van der Waals surface area contributed by atoms with Gasteiger partial charge < -0.3 is 8.98 Å². The smallest absolute Gasteiger partial charge is 0.143 e. The summed E-state index contributed by atoms with van der Waals surface area (Å²) in [6, 6.07) is 47.0. The van der Waals surface area contributed by atoms with E-state index in [2.05, 4.69) is 216 Å². The lowest BCUT2D eigenvalue weighted by Gasteiger charge is -2.23. The standard InChI is InChI=1S/C62H59NO/c1-34-16-14-17-35(2)54(34)44-32-50-56-46(30-48-42-26-22-39(61(8,9)10)28-52(42)63(58(48)50)41-24-20-38(21-25-41)60(5,6)7)45(55-36(3)18-15-19-37(55)4)33-51-57(56)47(44)31-49-43-27-23-40(62(11,12)13)29-53(43)64-59(49)51/h14-33H,1-13H3. The van der Waals surface area contributed by atoms with Crippen LogP contribution in [-0.2, 0) is 16.2 Å². The minimum Gasteiger partial charge on any atom is -0.455 e. The maximum atomic E-state index is 7.20. The lowest BCUT2D eigenvalue weighted by atomic mass is 9.81. The Bertz CT molecular complexity index is 3690. The molecule has 0 amide bonds. The van der Waals surface area contributed by atoms with Gasteiger partial charge in [0.25, 0.3) is 0 Å². The number of nitrogens with zero attached hydrogens (tertiary/aromatic N) is 1. The average Bonchev–Trinajstić information content (AvgIpc) is 3.77. The minimum absolute atomic E-state index is 0.00718. The van der Waals surface area contributed by atoms with Gasteiger partial charge in [-0.1, -0.05) is 135 Å². The van der Waals surface area contributed by atoms with Gasteiger partial charge >= 0.3 is 0 Å². The highest BCUT2D eigenvalue weighted by atomic mass is 16.3. The van der Waals surface area contributed by atoms with E-state index in [1.54, 1.807) is 0 Å². The molecule has 318 valence electrons. The molecule has 0 saturated heterocycles. The highest BCUT2D eigenvalue weighted by molar-refractivity contribution is 6.39. The predicted molar refractivity (Wildman–Crippen MR) is 278 cm³/mol. The van der Waals surface area contributed by atoms with Crippen molar-refractivity contribution in [2.24, 2.45) is 0 Å². The normalized spacial score (nSPS) is 13.1. The third-order valence-electron chi connectivity index (χ3n) is 14.5. The van der Waals surface area contributed by atoms with E-state index in [-0.39, 0.29) is 16.2 Å². The molecule has 0 aliphatic heterocycles. The van der Waals surface area contributed by atoms with Gasteiger partial charge in [-0.25, -0.2) is 0 Å². The van der Waals surface area contributed by atoms with Crippen molar-refractivity contribution in [1.29, 1.82) is 0 Å². The molecule has 0 N–H and O–H groups in total. The van der Waals surface area contributed by atoms with Crippen LogP contribution < -0.4 is 0 Å². The lowest BCUT2D eigenvalue weighted by molar-refractivity contribution is 0.588. The molecule has 2 aromatic heterocycles. The minimum atomic E-state index is -0.0216. The molecule has 0 radical (unpaired) electrons. The Morgan fingerprint density at radius 2 is 0.859 bits per heavy atom. The molecule has 0 saturated carbocycles. The molecule has 64 heavy (non-hydrogen) atoms. The second-order valence-corrected chi connectivity index (χ2v) is 22.0. The average molecular weight is 834 g/mol. The summed E-state index contributed by atoms with van der Waals surface area (Å²) in [5.74, 6) is 0. The lowest BCUT2D eigenvalue weighted by Crippen LogP contribution is -2.11. The maximum Gasteiger partial charge on any atom is 0.143 e. The van der Waals surface area contributed by atoms with E-state index in [0.29, 0.717) is 0 Å². The molecule has 0 atom stereocenters. The Kier molecular flexibility index (Phi) is 8.56. The summed E-state index contributed by atoms with van der Waals surface area (Å²) in [5, 5.41) is 12.4. The molecule has 2 nitrogen and oxygen atoms in total. The number of hydrogen-bond donors (Lipinski definition) is 0. The highest BCUT2D eigenvalue weighted by Crippen LogP contribution is 2.53. The van der Waals surface area contributed by atoms with Gasteiger partial charge in [0.2, 0.25) is 0 Å². The maximum absolute atomic E-state index is 7.20. The van der Waals surface area contributed by atoms with Crippen LogP contribution >= 0.6 is 0 Å². The van der Waals surface area contributed by atoms with Crippen LogP contribution in [0.15, 0.2) is 126 Å². The summed E-state index contributed by atoms with van der Waals surface area (Å²) in [6.45, 7) is 29.8. The van der Waals surface area contributed by atoms with E-state index < -0.39 is 0 Å². The van der Waals surface area contributed by atoms with Crippen molar-refractivity contribution in [2.45, 2.75) is 106 Å². The first-order valence-electron chi connectivity index (χ1n) is 23.2. The fourth-order valence-corrected chi connectivity index (χ4v) is 11.0. The van der Waals surface area contributed by atoms with Gasteiger partial charge in [-0.05, 0) is 164 Å². The van der Waals surface area contributed by atoms with Crippen molar-refractivity contribution in [3.8, 4) is 27.9 Å². The summed E-state index contributed by atoms with van der Waals surface area (Å²) in [6.07, 6.45) is 0. The van der Waals surface area contributed by atoms with Gasteiger partial charge in [0.1, 0.15) is 11.2 Å². The van der Waals surface area contributed by atoms with Gasteiger partial charge in [0.15, 0.2) is 0 Å². The molecule has 0 unspecified atom stereocenters. The van der Waals surface area contributed by atoms with E-state index in [4.69, 9.17) is 4.42 Å². The monoisotopic (exact) mass is 833 g/mol. The Balaban J connectivity index is 1.43. The number of benzene rings is 9. The number of aryl methyl sites for hydroxylation is 4. The van der Waals surface area contributed by atoms with E-state index >= 15 is 0 Å². The molecule has 0 fully saturated rings. The summed E-state index contributed by atoms with van der Waals surface area (Å²) in [5.41, 5.74) is 19.7. The molecular formula is C62H59NO. The number of fused-ring (bicyclic) bond motifs is 8. The van der Waals surface area contributed by atoms with E-state index in [0.717, 1.165) is 27.3 Å². The fraction of sp³-hybridized carbons (Fsp3) is 0.258. The SMILES string of the molecule is Cc1cccc(C)c1-c1cc2c3c(cc4c5ccc(C(C)(C)C)cc5n(-c5ccc(C(C)(C)C)cc5)c42)c(-c2c(C)cccc2C)cc2c4oc5cc(C(C)(C)C)ccc5c4cc1c23. The van der Waals surface area contributed by atoms with Gasteiger partial charge in [-0.3, -0.25) is 0 Å². The van der Waals surface area contributed by atoms with Crippen LogP contribution in [-0.4, -0.2) is 4.57 Å². The van der Waals surface area contributed by atoms with Crippen molar-refractivity contribution in [1.82, 2.24) is 4.57 Å². The zero-order valence-electron chi connectivity index (χ0n) is 39.9. The van der Waals surface area contributed by atoms with Crippen LogP contribution in [0.25, 0.3) is 104 Å². The highest BCUT2D eigenvalue weighted by Gasteiger charge is 2.28. The van der Waals surface area contributed by atoms with Crippen molar-refractivity contribution in [2.75, 3.05) is 0 Å². The largest absolute Gasteiger partial charge is 0.455 e. The third-order valence-corrected chi connectivity index (χ3v) is 14.5. The summed E-state index contributed by atoms with van der Waals surface area (Å²) >= 11 is 0. The van der Waals surface area contributed by atoms with Crippen LogP contribution in [0.4, 0.5) is 0 Å². The molecule has 0 aliphatic carbocycles. The Hall–Kier alpha value is -6.38. The number of aromatic nitrogens is 1. The molecule has 11 rings (SSSR count). The first-order chi connectivity index (χ1) is 30.3. The second kappa shape index (κ2) is 13.6. The number of hydrogen-bond acceptors (Lipinski definition) is 1. The van der Waals surface area contributed by atoms with E-state index in [9.17, 15) is 0 Å². The molecule has 9 aromatic carbocycles. The fourth-order valence-electron chi connectivity index (χ4n) is 11.0. The molecule has 11 aromatic rings. The number of furan rings is 1. The van der Waals surface area contributed by atoms with Gasteiger partial charge in [-0.2, -0.15) is 0 Å².